The number of phenolic OH excluding ortho intramolecular Hbond substituents is 3. The molecule has 6 fully saturated rings. The van der Waals surface area contributed by atoms with Crippen LogP contribution < -0.4 is 46.5 Å². The highest BCUT2D eigenvalue weighted by molar-refractivity contribution is 6.32. The van der Waals surface area contributed by atoms with E-state index in [1.807, 2.05) is 97.1 Å². The summed E-state index contributed by atoms with van der Waals surface area (Å²) >= 11 is 14.8. The molecule has 9 aromatic carbocycles. The van der Waals surface area contributed by atoms with Crippen LogP contribution in [0.2, 0.25) is 10.0 Å². The smallest absolute Gasteiger partial charge is 0.410 e. The molecule has 760 valence electrons. The van der Waals surface area contributed by atoms with Crippen molar-refractivity contribution in [1.29, 1.82) is 0 Å². The number of hydrogen-bond donors (Lipinski definition) is 15. The third kappa shape index (κ3) is 20.0. The van der Waals surface area contributed by atoms with Crippen LogP contribution in [0.3, 0.4) is 0 Å². The van der Waals surface area contributed by atoms with Crippen LogP contribution in [0.4, 0.5) is 9.59 Å². The summed E-state index contributed by atoms with van der Waals surface area (Å²) in [5.41, 5.74) is 9.95. The van der Waals surface area contributed by atoms with E-state index in [4.69, 9.17) is 66.8 Å². The van der Waals surface area contributed by atoms with E-state index in [1.54, 1.807) is 13.8 Å². The summed E-state index contributed by atoms with van der Waals surface area (Å²) in [5.74, 6) is -17.4. The maximum atomic E-state index is 16.9. The number of halogens is 2. The second-order valence-corrected chi connectivity index (χ2v) is 41.5. The first-order valence-corrected chi connectivity index (χ1v) is 49.6. The minimum absolute atomic E-state index is 0.0717. The van der Waals surface area contributed by atoms with Gasteiger partial charge < -0.3 is 116 Å². The third-order valence-electron chi connectivity index (χ3n) is 30.7. The lowest BCUT2D eigenvalue weighted by molar-refractivity contribution is -0.334. The minimum Gasteiger partial charge on any atom is -0.508 e. The van der Waals surface area contributed by atoms with Gasteiger partial charge in [-0.3, -0.25) is 43.3 Å². The highest BCUT2D eigenvalue weighted by Crippen LogP contribution is 2.59. The Hall–Kier alpha value is -13.1. The fourth-order valence-electron chi connectivity index (χ4n) is 23.6. The summed E-state index contributed by atoms with van der Waals surface area (Å²) in [7, 11) is 1.32. The van der Waals surface area contributed by atoms with Crippen LogP contribution in [-0.4, -0.2) is 210 Å². The third-order valence-corrected chi connectivity index (χ3v) is 31.3. The van der Waals surface area contributed by atoms with Crippen molar-refractivity contribution in [3.05, 3.63) is 236 Å². The average molecular weight is 2020 g/mol. The van der Waals surface area contributed by atoms with Crippen molar-refractivity contribution in [3.63, 3.8) is 0 Å². The lowest BCUT2D eigenvalue weighted by Gasteiger charge is -2.54. The largest absolute Gasteiger partial charge is 0.508 e. The van der Waals surface area contributed by atoms with Crippen LogP contribution in [-0.2, 0) is 62.0 Å². The fourth-order valence-corrected chi connectivity index (χ4v) is 24.1. The van der Waals surface area contributed by atoms with Gasteiger partial charge in [0.1, 0.15) is 109 Å². The van der Waals surface area contributed by atoms with Crippen LogP contribution >= 0.6 is 23.2 Å². The lowest BCUT2D eigenvalue weighted by atomic mass is 9.51. The van der Waals surface area contributed by atoms with Gasteiger partial charge in [-0.25, -0.2) is 9.59 Å². The standard InChI is InChI=1S/C109H113Cl2N7O27/c1-49(2)28-77(118(5)108(137)139-48-74-67-20-12-8-16-63(67)64-17-9-13-21-68(64)74)104(134)115-93-80(123)37-59(40-88(112)126)102(132)113-91-58-38-85(141-83-26-23-54(95(93)127)35-75(83)110)99(145-106-100(98(130)97(129)87(46-119)143-106)144-89-45-109(4,101(131)50(3)140-89)117-107(136)138-47-73-65-18-10-6-14-61(65)62-15-7-11-19-66(62)73)86(39-58)142-84-27-24-55(36-76(84)111)96(128)94-105(135)114-92(82(125)43-69-56-30-51-29-52(32-56)33-57(69)31-51)72-41-60(120)42-79(122)90(72)71-34-53(22-25-78(71)121)70(44-81(91)124)103(133)116-94/h6-27,34-36,38-39,41-42,49-52,56-57,59,69-70,73-74,77,87,89,91-98,100-101,106,119-122,127-131H,28-33,37,40,43-48H2,1-5H3,(H2,112,126)(H,113,132)(H,114,135)(H,115,134)(H,116,133)(H,117,136)/t50-,51?,52?,56?,57?,59-,69?,70+,77+,87+,89-,91+,92-,93-,94-,95+,96+,97+,98-,100+,101+,106-,109-/m0/s1. The molecule has 34 nitrogen and oxygen atoms in total. The van der Waals surface area contributed by atoms with Gasteiger partial charge in [-0.1, -0.05) is 152 Å². The second kappa shape index (κ2) is 41.1. The zero-order valence-electron chi connectivity index (χ0n) is 79.7. The quantitative estimate of drug-likeness (QED) is 0.0337. The van der Waals surface area contributed by atoms with Gasteiger partial charge >= 0.3 is 12.2 Å². The van der Waals surface area contributed by atoms with Gasteiger partial charge in [-0.2, -0.15) is 0 Å². The number of nitrogens with one attached hydrogen (secondary N) is 5. The van der Waals surface area contributed by atoms with Gasteiger partial charge in [0.15, 0.2) is 41.2 Å². The first-order chi connectivity index (χ1) is 69.4. The van der Waals surface area contributed by atoms with Crippen LogP contribution in [0.25, 0.3) is 33.4 Å². The van der Waals surface area contributed by atoms with Gasteiger partial charge in [-0.15, -0.1) is 0 Å². The van der Waals surface area contributed by atoms with Crippen molar-refractivity contribution in [2.75, 3.05) is 26.9 Å². The number of Topliss-reactive ketones (excluding diaryl/α,β-unsaturated/α-hetero) is 3. The first kappa shape index (κ1) is 101. The number of ketones is 3. The Morgan fingerprint density at radius 2 is 1.15 bits per heavy atom. The van der Waals surface area contributed by atoms with Gasteiger partial charge in [0, 0.05) is 68.2 Å². The number of aliphatic hydroxyl groups is 6. The Morgan fingerprint density at radius 1 is 0.586 bits per heavy atom. The molecule has 6 aliphatic carbocycles. The van der Waals surface area contributed by atoms with E-state index in [2.05, 4.69) is 26.6 Å². The number of primary amides is 1. The Bertz CT molecular complexity index is 6500. The Morgan fingerprint density at radius 3 is 1.72 bits per heavy atom. The van der Waals surface area contributed by atoms with E-state index in [0.717, 1.165) is 124 Å². The van der Waals surface area contributed by atoms with Crippen molar-refractivity contribution in [2.24, 2.45) is 47.2 Å². The van der Waals surface area contributed by atoms with E-state index in [-0.39, 0.29) is 101 Å². The van der Waals surface area contributed by atoms with Crippen molar-refractivity contribution in [3.8, 4) is 79.4 Å². The molecule has 18 atom stereocenters. The van der Waals surface area contributed by atoms with Crippen molar-refractivity contribution in [2.45, 2.75) is 213 Å². The number of fused-ring (bicyclic) bond motifs is 21. The normalized spacial score (nSPS) is 28.5. The number of phenols is 3. The summed E-state index contributed by atoms with van der Waals surface area (Å²) in [6.45, 7) is 5.21. The monoisotopic (exact) mass is 2020 g/mol. The van der Waals surface area contributed by atoms with Crippen LogP contribution in [0.15, 0.2) is 176 Å². The Kier molecular flexibility index (Phi) is 28.5. The van der Waals surface area contributed by atoms with E-state index in [1.165, 1.54) is 57.3 Å². The van der Waals surface area contributed by atoms with Gasteiger partial charge in [0.2, 0.25) is 41.6 Å². The number of nitrogens with zero attached hydrogens (tertiary/aromatic N) is 1. The molecule has 4 saturated carbocycles. The van der Waals surface area contributed by atoms with Crippen molar-refractivity contribution in [1.82, 2.24) is 31.5 Å². The zero-order valence-corrected chi connectivity index (χ0v) is 81.2. The summed E-state index contributed by atoms with van der Waals surface area (Å²) in [4.78, 5) is 156. The lowest BCUT2D eigenvalue weighted by Crippen LogP contribution is -2.66. The predicted octanol–water partition coefficient (Wildman–Crippen LogP) is 12.3. The number of likely N-dealkylation sites (N-methyl/N-ethyl adjacent to an activating group) is 1. The topological polar surface area (TPSA) is 516 Å². The summed E-state index contributed by atoms with van der Waals surface area (Å²) < 4.78 is 52.2. The van der Waals surface area contributed by atoms with E-state index < -0.39 is 256 Å². The number of carbonyl (C=O) groups is 10. The molecule has 15 bridgehead atoms. The molecule has 145 heavy (non-hydrogen) atoms. The molecule has 7 aliphatic heterocycles. The number of hydrogen-bond acceptors (Lipinski definition) is 27. The molecule has 13 aliphatic rings. The molecule has 36 heteroatoms. The number of carbonyl (C=O) groups excluding carboxylic acids is 10. The average Bonchev–Trinajstić information content (AvgIpc) is 1.68. The molecule has 0 aromatic heterocycles. The van der Waals surface area contributed by atoms with Gasteiger partial charge in [0.05, 0.1) is 40.1 Å². The van der Waals surface area contributed by atoms with Crippen molar-refractivity contribution >= 4 is 82.3 Å². The van der Waals surface area contributed by atoms with Gasteiger partial charge in [0.25, 0.3) is 0 Å². The van der Waals surface area contributed by atoms with Crippen LogP contribution in [0.1, 0.15) is 190 Å². The molecule has 16 N–H and O–H groups in total. The number of nitrogens with two attached hydrogens (primary N) is 1. The molecule has 0 radical (unpaired) electrons. The predicted molar refractivity (Wildman–Crippen MR) is 522 cm³/mol. The van der Waals surface area contributed by atoms with Gasteiger partial charge in [-0.05, 0) is 215 Å². The molecule has 22 rings (SSSR count). The summed E-state index contributed by atoms with van der Waals surface area (Å²) in [6.07, 6.45) is -19.8. The molecular formula is C109H113Cl2N7O27. The Balaban J connectivity index is 0.725. The molecule has 2 saturated heterocycles. The number of rotatable bonds is 20. The molecule has 9 aromatic rings. The molecule has 0 unspecified atom stereocenters. The second-order valence-electron chi connectivity index (χ2n) is 40.7. The molecular weight excluding hydrogens is 1910 g/mol. The maximum absolute atomic E-state index is 16.9. The minimum atomic E-state index is -2.28. The Labute approximate surface area is 843 Å². The maximum Gasteiger partial charge on any atom is 0.410 e. The SMILES string of the molecule is CC(C)C[C@H](C(=O)N[C@H]1C(=O)C[C@@H](CC(N)=O)C(=O)N[C@H]2C(=O)C[C@H]3C(=O)N[C@H](C(=O)N[C@H](C(=O)CC4C5CC6CC(C5)CC4C6)c4cc(O)cc(O)c4-c4cc3ccc4O)[C@H](O)c3ccc(c(Cl)c3)Oc3cc2cc(c3O[C@@H]2O[C@H](CO)[C@@H](O)[C@H](O)[C@H]2O[C@H]2C[C@](C)(NC(=O)OCC3c4ccccc4-c4ccccc43)[C@H](O)[C@H](C)O2)Oc2ccc(cc2Cl)[C@H]1O)N(C)C(=O)OCC1c2ccccc2-c2ccccc21. The number of aromatic hydroxyl groups is 3. The van der Waals surface area contributed by atoms with Crippen molar-refractivity contribution < 1.29 is 132 Å². The number of alkyl carbamates (subject to hydrolysis) is 1. The summed E-state index contributed by atoms with van der Waals surface area (Å²) in [6, 6.07) is 35.9. The highest BCUT2D eigenvalue weighted by atomic mass is 35.5. The number of benzene rings is 9. The summed E-state index contributed by atoms with van der Waals surface area (Å²) in [5, 5.41) is 123. The van der Waals surface area contributed by atoms with E-state index >= 15 is 33.6 Å². The van der Waals surface area contributed by atoms with E-state index in [0.29, 0.717) is 11.8 Å². The highest BCUT2D eigenvalue weighted by Gasteiger charge is 2.55. The van der Waals surface area contributed by atoms with Crippen LogP contribution in [0.5, 0.6) is 46.0 Å². The number of ether oxygens (including phenoxy) is 8. The van der Waals surface area contributed by atoms with E-state index in [9.17, 15) is 60.3 Å². The van der Waals surface area contributed by atoms with Crippen LogP contribution in [0, 0.1) is 41.4 Å². The zero-order chi connectivity index (χ0) is 102. The first-order valence-electron chi connectivity index (χ1n) is 48.9. The molecule has 7 amide bonds. The number of amides is 7. The molecule has 7 heterocycles. The molecule has 0 spiro atoms. The number of aliphatic hydroxyl groups excluding tert-OH is 6. The fraction of sp³-hybridized carbons (Fsp3) is 0.413.